The van der Waals surface area contributed by atoms with Crippen molar-refractivity contribution in [3.8, 4) is 11.5 Å². The van der Waals surface area contributed by atoms with Crippen LogP contribution in [0.25, 0.3) is 11.5 Å². The summed E-state index contributed by atoms with van der Waals surface area (Å²) in [6, 6.07) is 2.29. The van der Waals surface area contributed by atoms with Gasteiger partial charge in [0.05, 0.1) is 6.20 Å². The predicted octanol–water partition coefficient (Wildman–Crippen LogP) is 3.90. The highest BCUT2D eigenvalue weighted by Gasteiger charge is 2.37. The van der Waals surface area contributed by atoms with E-state index < -0.39 is 30.3 Å². The molecule has 0 spiro atoms. The van der Waals surface area contributed by atoms with Crippen LogP contribution in [0, 0.1) is 0 Å². The standard InChI is InChI=1S/C24H27F3N8O5/c1-23(2,3)40-22(38)35(13-24(25,26)27)17-10-14(6-7-28-17)20-30-16(12-39-20)19(36)29-15-11-33(5)31-18(15)34-9-8-32(4)21(34)37/h6-7,10-12H,8-9,13H2,1-5H3,(H,29,36). The molecule has 214 valence electrons. The summed E-state index contributed by atoms with van der Waals surface area (Å²) in [4.78, 5) is 49.2. The topological polar surface area (TPSA) is 139 Å². The van der Waals surface area contributed by atoms with Crippen LogP contribution >= 0.6 is 0 Å². The number of urea groups is 1. The molecule has 1 aliphatic heterocycles. The fourth-order valence-corrected chi connectivity index (χ4v) is 3.74. The normalized spacial score (nSPS) is 14.1. The van der Waals surface area contributed by atoms with Gasteiger partial charge in [-0.3, -0.25) is 19.3 Å². The molecular weight excluding hydrogens is 537 g/mol. The number of nitrogens with zero attached hydrogens (tertiary/aromatic N) is 7. The fourth-order valence-electron chi connectivity index (χ4n) is 3.74. The van der Waals surface area contributed by atoms with Gasteiger partial charge in [0.1, 0.15) is 29.9 Å². The molecule has 1 aliphatic rings. The quantitative estimate of drug-likeness (QED) is 0.476. The lowest BCUT2D eigenvalue weighted by Gasteiger charge is -2.27. The lowest BCUT2D eigenvalue weighted by Crippen LogP contribution is -2.42. The summed E-state index contributed by atoms with van der Waals surface area (Å²) in [5.41, 5.74) is -0.762. The third kappa shape index (κ3) is 6.50. The van der Waals surface area contributed by atoms with E-state index in [4.69, 9.17) is 9.15 Å². The van der Waals surface area contributed by atoms with Crippen LogP contribution < -0.4 is 15.1 Å². The third-order valence-electron chi connectivity index (χ3n) is 5.49. The Morgan fingerprint density at radius 3 is 2.55 bits per heavy atom. The summed E-state index contributed by atoms with van der Waals surface area (Å²) in [5, 5.41) is 6.92. The second-order valence-corrected chi connectivity index (χ2v) is 9.97. The Bertz CT molecular complexity index is 1430. The zero-order valence-electron chi connectivity index (χ0n) is 22.3. The van der Waals surface area contributed by atoms with E-state index in [2.05, 4.69) is 20.4 Å². The van der Waals surface area contributed by atoms with Crippen LogP contribution in [-0.4, -0.2) is 81.1 Å². The number of oxazole rings is 1. The number of pyridine rings is 1. The number of amides is 4. The molecule has 3 aromatic rings. The smallest absolute Gasteiger partial charge is 0.416 e. The zero-order valence-corrected chi connectivity index (χ0v) is 22.3. The van der Waals surface area contributed by atoms with Crippen molar-refractivity contribution >= 4 is 35.4 Å². The van der Waals surface area contributed by atoms with Gasteiger partial charge in [0.2, 0.25) is 5.89 Å². The van der Waals surface area contributed by atoms with Crippen LogP contribution in [-0.2, 0) is 11.8 Å². The number of anilines is 3. The molecule has 1 N–H and O–H groups in total. The molecule has 4 heterocycles. The van der Waals surface area contributed by atoms with Crippen molar-refractivity contribution in [2.75, 3.05) is 41.8 Å². The largest absolute Gasteiger partial charge is 0.444 e. The Morgan fingerprint density at radius 2 is 1.93 bits per heavy atom. The van der Waals surface area contributed by atoms with Crippen molar-refractivity contribution in [2.45, 2.75) is 32.5 Å². The highest BCUT2D eigenvalue weighted by molar-refractivity contribution is 6.06. The molecule has 4 amide bonds. The first-order valence-electron chi connectivity index (χ1n) is 12.0. The van der Waals surface area contributed by atoms with Crippen molar-refractivity contribution in [1.82, 2.24) is 24.6 Å². The van der Waals surface area contributed by atoms with Crippen LogP contribution in [0.5, 0.6) is 0 Å². The van der Waals surface area contributed by atoms with Gasteiger partial charge in [0.25, 0.3) is 5.91 Å². The van der Waals surface area contributed by atoms with E-state index in [0.29, 0.717) is 18.0 Å². The molecule has 16 heteroatoms. The lowest BCUT2D eigenvalue weighted by atomic mass is 10.2. The third-order valence-corrected chi connectivity index (χ3v) is 5.49. The van der Waals surface area contributed by atoms with E-state index in [0.717, 1.165) is 12.3 Å². The molecule has 0 radical (unpaired) electrons. The van der Waals surface area contributed by atoms with Crippen LogP contribution in [0.15, 0.2) is 35.2 Å². The summed E-state index contributed by atoms with van der Waals surface area (Å²) >= 11 is 0. The van der Waals surface area contributed by atoms with Crippen molar-refractivity contribution in [2.24, 2.45) is 7.05 Å². The molecule has 4 rings (SSSR count). The maximum atomic E-state index is 13.3. The Balaban J connectivity index is 1.56. The summed E-state index contributed by atoms with van der Waals surface area (Å²) in [6.07, 6.45) is -2.20. The van der Waals surface area contributed by atoms with E-state index in [1.807, 2.05) is 0 Å². The van der Waals surface area contributed by atoms with Gasteiger partial charge in [0, 0.05) is 38.9 Å². The maximum absolute atomic E-state index is 13.3. The number of carbonyl (C=O) groups excluding carboxylic acids is 3. The SMILES string of the molecule is CN1CCN(c2nn(C)cc2NC(=O)c2coc(-c3ccnc(N(CC(F)(F)F)C(=O)OC(C)(C)C)c3)n2)C1=O. The number of aromatic nitrogens is 4. The van der Waals surface area contributed by atoms with Crippen molar-refractivity contribution in [1.29, 1.82) is 0 Å². The molecule has 1 saturated heterocycles. The molecule has 0 bridgehead atoms. The molecule has 0 aliphatic carbocycles. The monoisotopic (exact) mass is 564 g/mol. The summed E-state index contributed by atoms with van der Waals surface area (Å²) in [5.74, 6) is -0.869. The van der Waals surface area contributed by atoms with Gasteiger partial charge in [-0.05, 0) is 32.9 Å². The Kier molecular flexibility index (Phi) is 7.45. The first-order valence-corrected chi connectivity index (χ1v) is 12.0. The summed E-state index contributed by atoms with van der Waals surface area (Å²) < 4.78 is 51.8. The molecule has 0 saturated carbocycles. The average molecular weight is 565 g/mol. The number of hydrogen-bond acceptors (Lipinski definition) is 8. The number of aryl methyl sites for hydroxylation is 1. The minimum absolute atomic E-state index is 0.104. The fraction of sp³-hybridized carbons (Fsp3) is 0.417. The number of rotatable bonds is 6. The molecule has 3 aromatic heterocycles. The second-order valence-electron chi connectivity index (χ2n) is 9.97. The van der Waals surface area contributed by atoms with Gasteiger partial charge in [0.15, 0.2) is 11.5 Å². The molecule has 0 atom stereocenters. The Hall–Kier alpha value is -4.63. The Labute approximate surface area is 226 Å². The number of likely N-dealkylation sites (N-methyl/N-ethyl adjacent to an activating group) is 1. The molecule has 0 unspecified atom stereocenters. The van der Waals surface area contributed by atoms with Gasteiger partial charge in [-0.25, -0.2) is 19.6 Å². The highest BCUT2D eigenvalue weighted by atomic mass is 19.4. The van der Waals surface area contributed by atoms with Gasteiger partial charge in [-0.15, -0.1) is 0 Å². The number of ether oxygens (including phenoxy) is 1. The van der Waals surface area contributed by atoms with E-state index in [-0.39, 0.29) is 40.5 Å². The van der Waals surface area contributed by atoms with E-state index in [9.17, 15) is 27.6 Å². The van der Waals surface area contributed by atoms with Crippen LogP contribution in [0.2, 0.25) is 0 Å². The summed E-state index contributed by atoms with van der Waals surface area (Å²) in [7, 11) is 3.29. The number of halogens is 3. The minimum Gasteiger partial charge on any atom is -0.444 e. The lowest BCUT2D eigenvalue weighted by molar-refractivity contribution is -0.119. The number of nitrogens with one attached hydrogen (secondary N) is 1. The van der Waals surface area contributed by atoms with Gasteiger partial charge < -0.3 is 19.4 Å². The van der Waals surface area contributed by atoms with E-state index >= 15 is 0 Å². The highest BCUT2D eigenvalue weighted by Crippen LogP contribution is 2.29. The molecule has 13 nitrogen and oxygen atoms in total. The molecular formula is C24H27F3N8O5. The maximum Gasteiger partial charge on any atom is 0.416 e. The predicted molar refractivity (Wildman–Crippen MR) is 136 cm³/mol. The first kappa shape index (κ1) is 28.4. The average Bonchev–Trinajstić information content (AvgIpc) is 3.56. The Morgan fingerprint density at radius 1 is 1.20 bits per heavy atom. The van der Waals surface area contributed by atoms with E-state index in [1.165, 1.54) is 53.7 Å². The number of hydrogen-bond donors (Lipinski definition) is 1. The molecule has 0 aromatic carbocycles. The van der Waals surface area contributed by atoms with Crippen LogP contribution in [0.1, 0.15) is 31.3 Å². The van der Waals surface area contributed by atoms with Crippen molar-refractivity contribution in [3.05, 3.63) is 36.5 Å². The first-order chi connectivity index (χ1) is 18.6. The zero-order chi connectivity index (χ0) is 29.4. The van der Waals surface area contributed by atoms with Crippen LogP contribution in [0.3, 0.4) is 0 Å². The second kappa shape index (κ2) is 10.5. The van der Waals surface area contributed by atoms with Gasteiger partial charge in [-0.1, -0.05) is 0 Å². The van der Waals surface area contributed by atoms with Gasteiger partial charge >= 0.3 is 18.3 Å². The van der Waals surface area contributed by atoms with Crippen molar-refractivity contribution < 1.29 is 36.7 Å². The number of carbonyl (C=O) groups is 3. The van der Waals surface area contributed by atoms with Crippen LogP contribution in [0.4, 0.5) is 40.1 Å². The minimum atomic E-state index is -4.73. The van der Waals surface area contributed by atoms with Gasteiger partial charge in [-0.2, -0.15) is 18.3 Å². The van der Waals surface area contributed by atoms with E-state index in [1.54, 1.807) is 14.1 Å². The number of alkyl halides is 3. The molecule has 1 fully saturated rings. The summed E-state index contributed by atoms with van der Waals surface area (Å²) in [6.45, 7) is 3.82. The molecule has 40 heavy (non-hydrogen) atoms. The van der Waals surface area contributed by atoms with Crippen molar-refractivity contribution in [3.63, 3.8) is 0 Å².